The van der Waals surface area contributed by atoms with Gasteiger partial charge in [0.05, 0.1) is 30.7 Å². The second kappa shape index (κ2) is 5.86. The van der Waals surface area contributed by atoms with E-state index in [-0.39, 0.29) is 0 Å². The van der Waals surface area contributed by atoms with Gasteiger partial charge in [0.1, 0.15) is 23.4 Å². The van der Waals surface area contributed by atoms with Gasteiger partial charge in [-0.3, -0.25) is 8.80 Å². The molecule has 9 heteroatoms. The molecule has 0 bridgehead atoms. The Balaban J connectivity index is 1.68. The third-order valence-corrected chi connectivity index (χ3v) is 4.99. The van der Waals surface area contributed by atoms with Crippen LogP contribution in [0.3, 0.4) is 0 Å². The average molecular weight is 382 g/mol. The Morgan fingerprint density at radius 1 is 0.966 bits per heavy atom. The minimum atomic E-state index is 0.629. The first-order chi connectivity index (χ1) is 14.3. The van der Waals surface area contributed by atoms with Crippen molar-refractivity contribution >= 4 is 22.2 Å². The van der Waals surface area contributed by atoms with Crippen molar-refractivity contribution in [3.8, 4) is 23.0 Å². The summed E-state index contributed by atoms with van der Waals surface area (Å²) in [5, 5.41) is 18.3. The third kappa shape index (κ3) is 2.18. The largest absolute Gasteiger partial charge is 0.497 e. The standard InChI is InChI=1S/C20H14N8O/c1-29-14-6-4-5-13(9-14)28-17(10-22-25-28)20-24-23-19-15-7-2-3-8-16(15)26-12-21-11-18(26)27(19)20/h2-12H,1H3. The second-order valence-corrected chi connectivity index (χ2v) is 6.55. The molecule has 2 aromatic carbocycles. The molecule has 4 heterocycles. The van der Waals surface area contributed by atoms with Crippen LogP contribution in [-0.4, -0.2) is 46.1 Å². The quantitative estimate of drug-likeness (QED) is 0.468. The van der Waals surface area contributed by atoms with Gasteiger partial charge in [-0.1, -0.05) is 23.4 Å². The Labute approximate surface area is 163 Å². The molecule has 140 valence electrons. The van der Waals surface area contributed by atoms with Crippen LogP contribution in [0, 0.1) is 0 Å². The maximum atomic E-state index is 5.34. The number of aromatic nitrogens is 8. The van der Waals surface area contributed by atoms with Gasteiger partial charge in [-0.25, -0.2) is 9.67 Å². The van der Waals surface area contributed by atoms with Gasteiger partial charge in [-0.05, 0) is 24.3 Å². The molecule has 0 saturated carbocycles. The van der Waals surface area contributed by atoms with E-state index >= 15 is 0 Å². The molecule has 6 aromatic rings. The highest BCUT2D eigenvalue weighted by atomic mass is 16.5. The van der Waals surface area contributed by atoms with Gasteiger partial charge in [0.25, 0.3) is 0 Å². The van der Waals surface area contributed by atoms with Crippen molar-refractivity contribution in [2.75, 3.05) is 7.11 Å². The molecule has 0 fully saturated rings. The number of rotatable bonds is 3. The van der Waals surface area contributed by atoms with Crippen LogP contribution in [0.15, 0.2) is 67.3 Å². The van der Waals surface area contributed by atoms with E-state index in [9.17, 15) is 0 Å². The number of nitrogens with zero attached hydrogens (tertiary/aromatic N) is 8. The van der Waals surface area contributed by atoms with Crippen molar-refractivity contribution in [3.63, 3.8) is 0 Å². The minimum Gasteiger partial charge on any atom is -0.497 e. The fourth-order valence-electron chi connectivity index (χ4n) is 3.67. The van der Waals surface area contributed by atoms with Crippen molar-refractivity contribution < 1.29 is 4.74 Å². The summed E-state index contributed by atoms with van der Waals surface area (Å²) in [5.41, 5.74) is 4.16. The lowest BCUT2D eigenvalue weighted by atomic mass is 10.2. The Morgan fingerprint density at radius 3 is 2.83 bits per heavy atom. The van der Waals surface area contributed by atoms with Crippen LogP contribution >= 0.6 is 0 Å². The molecule has 0 saturated heterocycles. The second-order valence-electron chi connectivity index (χ2n) is 6.55. The zero-order valence-corrected chi connectivity index (χ0v) is 15.3. The number of imidazole rings is 1. The lowest BCUT2D eigenvalue weighted by molar-refractivity contribution is 0.414. The molecule has 0 radical (unpaired) electrons. The number of fused-ring (bicyclic) bond motifs is 6. The Hall–Kier alpha value is -4.27. The van der Waals surface area contributed by atoms with Gasteiger partial charge in [0, 0.05) is 11.5 Å². The molecule has 29 heavy (non-hydrogen) atoms. The summed E-state index contributed by atoms with van der Waals surface area (Å²) in [6.07, 6.45) is 5.27. The first-order valence-electron chi connectivity index (χ1n) is 8.98. The predicted molar refractivity (Wildman–Crippen MR) is 106 cm³/mol. The molecule has 0 unspecified atom stereocenters. The fourth-order valence-corrected chi connectivity index (χ4v) is 3.67. The van der Waals surface area contributed by atoms with Gasteiger partial charge in [0.2, 0.25) is 0 Å². The highest BCUT2D eigenvalue weighted by Gasteiger charge is 2.20. The predicted octanol–water partition coefficient (Wildman–Crippen LogP) is 2.79. The summed E-state index contributed by atoms with van der Waals surface area (Å²) in [6, 6.07) is 15.7. The third-order valence-electron chi connectivity index (χ3n) is 4.99. The summed E-state index contributed by atoms with van der Waals surface area (Å²) in [5.74, 6) is 1.36. The van der Waals surface area contributed by atoms with E-state index in [2.05, 4.69) is 25.5 Å². The molecule has 0 aliphatic rings. The van der Waals surface area contributed by atoms with Crippen LogP contribution in [0.4, 0.5) is 0 Å². The number of benzene rings is 2. The lowest BCUT2D eigenvalue weighted by Crippen LogP contribution is -2.03. The van der Waals surface area contributed by atoms with Crippen molar-refractivity contribution in [2.24, 2.45) is 0 Å². The van der Waals surface area contributed by atoms with E-state index < -0.39 is 0 Å². The molecule has 9 nitrogen and oxygen atoms in total. The van der Waals surface area contributed by atoms with Crippen LogP contribution in [-0.2, 0) is 0 Å². The lowest BCUT2D eigenvalue weighted by Gasteiger charge is -2.09. The first kappa shape index (κ1) is 15.8. The van der Waals surface area contributed by atoms with Crippen molar-refractivity contribution in [3.05, 3.63) is 67.3 Å². The zero-order valence-electron chi connectivity index (χ0n) is 15.3. The van der Waals surface area contributed by atoms with Crippen LogP contribution in [0.5, 0.6) is 5.75 Å². The molecular formula is C20H14N8O. The Morgan fingerprint density at radius 2 is 1.90 bits per heavy atom. The maximum absolute atomic E-state index is 5.34. The average Bonchev–Trinajstić information content (AvgIpc) is 3.52. The zero-order chi connectivity index (χ0) is 19.4. The molecule has 0 amide bonds. The van der Waals surface area contributed by atoms with Gasteiger partial charge >= 0.3 is 0 Å². The number of hydrogen-bond donors (Lipinski definition) is 0. The highest BCUT2D eigenvalue weighted by molar-refractivity contribution is 5.94. The van der Waals surface area contributed by atoms with Gasteiger partial charge < -0.3 is 4.74 Å². The van der Waals surface area contributed by atoms with Gasteiger partial charge in [-0.15, -0.1) is 15.3 Å². The maximum Gasteiger partial charge on any atom is 0.190 e. The molecule has 0 atom stereocenters. The van der Waals surface area contributed by atoms with Gasteiger partial charge in [0.15, 0.2) is 11.5 Å². The Kier molecular flexibility index (Phi) is 3.19. The topological polar surface area (TPSA) is 87.4 Å². The Bertz CT molecular complexity index is 1510. The van der Waals surface area contributed by atoms with E-state index in [0.29, 0.717) is 11.5 Å². The van der Waals surface area contributed by atoms with E-state index in [1.807, 2.05) is 57.3 Å². The number of hydrogen-bond acceptors (Lipinski definition) is 6. The van der Waals surface area contributed by atoms with Crippen LogP contribution in [0.2, 0.25) is 0 Å². The molecule has 0 spiro atoms. The summed E-state index contributed by atoms with van der Waals surface area (Å²) in [4.78, 5) is 4.34. The van der Waals surface area contributed by atoms with Crippen LogP contribution < -0.4 is 4.74 Å². The number of para-hydroxylation sites is 1. The first-order valence-corrected chi connectivity index (χ1v) is 8.98. The van der Waals surface area contributed by atoms with E-state index in [1.165, 1.54) is 0 Å². The molecule has 0 N–H and O–H groups in total. The molecule has 0 aliphatic carbocycles. The summed E-state index contributed by atoms with van der Waals surface area (Å²) >= 11 is 0. The molecule has 0 aliphatic heterocycles. The molecular weight excluding hydrogens is 368 g/mol. The number of methoxy groups -OCH3 is 1. The SMILES string of the molecule is COc1cccc(-n2nncc2-c2nnc3c4ccccc4n4cncc4n23)c1. The summed E-state index contributed by atoms with van der Waals surface area (Å²) < 4.78 is 11.1. The van der Waals surface area contributed by atoms with E-state index in [1.54, 1.807) is 30.5 Å². The van der Waals surface area contributed by atoms with Crippen LogP contribution in [0.1, 0.15) is 0 Å². The monoisotopic (exact) mass is 382 g/mol. The fraction of sp³-hybridized carbons (Fsp3) is 0.0500. The van der Waals surface area contributed by atoms with Crippen molar-refractivity contribution in [1.82, 2.24) is 39.0 Å². The summed E-state index contributed by atoms with van der Waals surface area (Å²) in [6.45, 7) is 0. The molecule has 6 rings (SSSR count). The van der Waals surface area contributed by atoms with E-state index in [4.69, 9.17) is 4.74 Å². The minimum absolute atomic E-state index is 0.629. The highest BCUT2D eigenvalue weighted by Crippen LogP contribution is 2.28. The normalized spacial score (nSPS) is 11.6. The van der Waals surface area contributed by atoms with Gasteiger partial charge in [-0.2, -0.15) is 0 Å². The van der Waals surface area contributed by atoms with Crippen LogP contribution in [0.25, 0.3) is 39.4 Å². The smallest absolute Gasteiger partial charge is 0.190 e. The van der Waals surface area contributed by atoms with Crippen molar-refractivity contribution in [1.29, 1.82) is 0 Å². The van der Waals surface area contributed by atoms with Crippen molar-refractivity contribution in [2.45, 2.75) is 0 Å². The van der Waals surface area contributed by atoms with E-state index in [0.717, 1.165) is 33.6 Å². The number of ether oxygens (including phenoxy) is 1. The molecule has 4 aromatic heterocycles. The summed E-state index contributed by atoms with van der Waals surface area (Å²) in [7, 11) is 1.63.